The normalized spacial score (nSPS) is 14.2. The summed E-state index contributed by atoms with van der Waals surface area (Å²) in [6.07, 6.45) is 6.41. The van der Waals surface area contributed by atoms with Crippen LogP contribution in [0, 0.1) is 33.1 Å². The number of fused-ring (bicyclic) bond motifs is 1. The van der Waals surface area contributed by atoms with E-state index in [4.69, 9.17) is 11.2 Å². The van der Waals surface area contributed by atoms with Crippen molar-refractivity contribution in [1.29, 1.82) is 0 Å². The maximum atomic E-state index is 13.1. The van der Waals surface area contributed by atoms with E-state index < -0.39 is 0 Å². The number of morpholine rings is 1. The molecule has 1 aliphatic heterocycles. The minimum Gasteiger partial charge on any atom is -0.378 e. The number of aromatic nitrogens is 1. The molecule has 4 nitrogen and oxygen atoms in total. The van der Waals surface area contributed by atoms with Crippen LogP contribution in [0.15, 0.2) is 30.3 Å². The summed E-state index contributed by atoms with van der Waals surface area (Å²) in [6.45, 7) is 8.82. The van der Waals surface area contributed by atoms with Gasteiger partial charge < -0.3 is 14.2 Å². The number of terminal acetylenes is 1. The number of nitrogens with zero attached hydrogens (tertiary/aromatic N) is 2. The third-order valence-corrected chi connectivity index (χ3v) is 6.35. The van der Waals surface area contributed by atoms with Crippen LogP contribution in [-0.2, 0) is 18.2 Å². The Morgan fingerprint density at radius 2 is 1.83 bits per heavy atom. The molecule has 154 valence electrons. The van der Waals surface area contributed by atoms with Crippen molar-refractivity contribution in [3.63, 3.8) is 0 Å². The van der Waals surface area contributed by atoms with Crippen molar-refractivity contribution in [2.75, 3.05) is 26.3 Å². The first kappa shape index (κ1) is 20.3. The number of hydrogen-bond acceptors (Lipinski definition) is 2. The van der Waals surface area contributed by atoms with Crippen LogP contribution in [0.2, 0.25) is 0 Å². The predicted molar refractivity (Wildman–Crippen MR) is 121 cm³/mol. The average Bonchev–Trinajstić information content (AvgIpc) is 3.07. The molecule has 0 unspecified atom stereocenters. The van der Waals surface area contributed by atoms with Gasteiger partial charge in [-0.25, -0.2) is 0 Å². The number of rotatable bonds is 3. The number of aryl methyl sites for hydroxylation is 3. The minimum absolute atomic E-state index is 0.101. The van der Waals surface area contributed by atoms with E-state index in [2.05, 4.69) is 62.6 Å². The molecular formula is C26H28N2O2. The molecule has 0 atom stereocenters. The second kappa shape index (κ2) is 8.01. The molecule has 2 aromatic carbocycles. The maximum absolute atomic E-state index is 13.1. The number of benzene rings is 2. The molecule has 0 radical (unpaired) electrons. The lowest BCUT2D eigenvalue weighted by molar-refractivity contribution is 0.0302. The predicted octanol–water partition coefficient (Wildman–Crippen LogP) is 4.15. The molecule has 30 heavy (non-hydrogen) atoms. The molecule has 0 bridgehead atoms. The number of carbonyl (C=O) groups excluding carboxylic acids is 1. The highest BCUT2D eigenvalue weighted by Gasteiger charge is 2.22. The lowest BCUT2D eigenvalue weighted by Gasteiger charge is -2.28. The minimum atomic E-state index is 0.101. The van der Waals surface area contributed by atoms with Crippen LogP contribution in [0.25, 0.3) is 10.9 Å². The Labute approximate surface area is 178 Å². The van der Waals surface area contributed by atoms with Gasteiger partial charge in [0.05, 0.1) is 13.2 Å². The van der Waals surface area contributed by atoms with E-state index in [0.717, 1.165) is 28.6 Å². The van der Waals surface area contributed by atoms with Gasteiger partial charge in [-0.3, -0.25) is 4.79 Å². The molecule has 2 heterocycles. The summed E-state index contributed by atoms with van der Waals surface area (Å²) in [4.78, 5) is 15.0. The SMILES string of the molecule is C#Cc1cc(C)c2cc(Cc3c(C)ccc(C(=O)N4CCOCC4)c3C)n(C)c2c1. The van der Waals surface area contributed by atoms with Crippen molar-refractivity contribution in [1.82, 2.24) is 9.47 Å². The molecule has 1 amide bonds. The van der Waals surface area contributed by atoms with Gasteiger partial charge in [0.15, 0.2) is 0 Å². The topological polar surface area (TPSA) is 34.5 Å². The summed E-state index contributed by atoms with van der Waals surface area (Å²) in [6, 6.07) is 10.4. The number of hydrogen-bond donors (Lipinski definition) is 0. The fourth-order valence-corrected chi connectivity index (χ4v) is 4.43. The molecule has 0 N–H and O–H groups in total. The molecule has 0 aliphatic carbocycles. The van der Waals surface area contributed by atoms with Gasteiger partial charge in [-0.1, -0.05) is 12.0 Å². The van der Waals surface area contributed by atoms with E-state index in [1.165, 1.54) is 27.8 Å². The molecule has 1 fully saturated rings. The van der Waals surface area contributed by atoms with Crippen LogP contribution in [0.1, 0.15) is 43.9 Å². The summed E-state index contributed by atoms with van der Waals surface area (Å²) >= 11 is 0. The maximum Gasteiger partial charge on any atom is 0.254 e. The van der Waals surface area contributed by atoms with Crippen molar-refractivity contribution in [2.24, 2.45) is 7.05 Å². The Kier molecular flexibility index (Phi) is 5.40. The summed E-state index contributed by atoms with van der Waals surface area (Å²) in [5.74, 6) is 2.85. The standard InChI is InChI=1S/C26H28N2O2/c1-6-20-13-18(3)24-16-21(27(5)25(24)14-20)15-23-17(2)7-8-22(19(23)4)26(29)28-9-11-30-12-10-28/h1,7-8,13-14,16H,9-12,15H2,2-5H3. The van der Waals surface area contributed by atoms with E-state index in [-0.39, 0.29) is 5.91 Å². The lowest BCUT2D eigenvalue weighted by atomic mass is 9.93. The van der Waals surface area contributed by atoms with Gasteiger partial charge in [-0.15, -0.1) is 6.42 Å². The van der Waals surface area contributed by atoms with Crippen molar-refractivity contribution >= 4 is 16.8 Å². The fraction of sp³-hybridized carbons (Fsp3) is 0.346. The van der Waals surface area contributed by atoms with E-state index in [0.29, 0.717) is 26.3 Å². The first-order chi connectivity index (χ1) is 14.4. The van der Waals surface area contributed by atoms with E-state index in [1.54, 1.807) is 0 Å². The largest absolute Gasteiger partial charge is 0.378 e. The zero-order valence-corrected chi connectivity index (χ0v) is 18.2. The molecule has 3 aromatic rings. The number of ether oxygens (including phenoxy) is 1. The van der Waals surface area contributed by atoms with E-state index in [1.807, 2.05) is 11.0 Å². The van der Waals surface area contributed by atoms with Crippen molar-refractivity contribution in [2.45, 2.75) is 27.2 Å². The third-order valence-electron chi connectivity index (χ3n) is 6.35. The molecule has 4 heteroatoms. The quantitative estimate of drug-likeness (QED) is 0.619. The van der Waals surface area contributed by atoms with Crippen LogP contribution >= 0.6 is 0 Å². The van der Waals surface area contributed by atoms with Crippen molar-refractivity contribution in [3.05, 3.63) is 69.4 Å². The van der Waals surface area contributed by atoms with Crippen LogP contribution in [0.3, 0.4) is 0 Å². The highest BCUT2D eigenvalue weighted by atomic mass is 16.5. The summed E-state index contributed by atoms with van der Waals surface area (Å²) in [5, 5.41) is 1.22. The van der Waals surface area contributed by atoms with Gasteiger partial charge in [0, 0.05) is 54.3 Å². The summed E-state index contributed by atoms with van der Waals surface area (Å²) < 4.78 is 7.62. The lowest BCUT2D eigenvalue weighted by Crippen LogP contribution is -2.41. The first-order valence-electron chi connectivity index (χ1n) is 10.4. The number of carbonyl (C=O) groups is 1. The van der Waals surface area contributed by atoms with E-state index >= 15 is 0 Å². The second-order valence-electron chi connectivity index (χ2n) is 8.18. The van der Waals surface area contributed by atoms with Crippen LogP contribution in [0.5, 0.6) is 0 Å². The van der Waals surface area contributed by atoms with E-state index in [9.17, 15) is 4.79 Å². The highest BCUT2D eigenvalue weighted by Crippen LogP contribution is 2.28. The van der Waals surface area contributed by atoms with Crippen LogP contribution in [0.4, 0.5) is 0 Å². The van der Waals surface area contributed by atoms with Gasteiger partial charge in [0.2, 0.25) is 0 Å². The second-order valence-corrected chi connectivity index (χ2v) is 8.18. The summed E-state index contributed by atoms with van der Waals surface area (Å²) in [7, 11) is 2.09. The highest BCUT2D eigenvalue weighted by molar-refractivity contribution is 5.96. The van der Waals surface area contributed by atoms with Gasteiger partial charge in [0.25, 0.3) is 5.91 Å². The summed E-state index contributed by atoms with van der Waals surface area (Å²) in [5.41, 5.74) is 8.73. The molecule has 1 saturated heterocycles. The Hall–Kier alpha value is -3.03. The Morgan fingerprint density at radius 1 is 1.10 bits per heavy atom. The monoisotopic (exact) mass is 400 g/mol. The Balaban J connectivity index is 1.73. The molecule has 0 spiro atoms. The third kappa shape index (κ3) is 3.51. The van der Waals surface area contributed by atoms with Gasteiger partial charge in [-0.05, 0) is 67.3 Å². The molecule has 1 aromatic heterocycles. The molecule has 1 aliphatic rings. The van der Waals surface area contributed by atoms with Gasteiger partial charge in [-0.2, -0.15) is 0 Å². The molecule has 4 rings (SSSR count). The Morgan fingerprint density at radius 3 is 2.53 bits per heavy atom. The molecular weight excluding hydrogens is 372 g/mol. The average molecular weight is 401 g/mol. The van der Waals surface area contributed by atoms with Crippen molar-refractivity contribution in [3.8, 4) is 12.3 Å². The van der Waals surface area contributed by atoms with Gasteiger partial charge >= 0.3 is 0 Å². The smallest absolute Gasteiger partial charge is 0.254 e. The first-order valence-corrected chi connectivity index (χ1v) is 10.4. The zero-order valence-electron chi connectivity index (χ0n) is 18.2. The zero-order chi connectivity index (χ0) is 21.4. The van der Waals surface area contributed by atoms with Gasteiger partial charge in [0.1, 0.15) is 0 Å². The Bertz CT molecular complexity index is 1170. The number of amides is 1. The van der Waals surface area contributed by atoms with Crippen LogP contribution < -0.4 is 0 Å². The van der Waals surface area contributed by atoms with Crippen molar-refractivity contribution < 1.29 is 9.53 Å². The van der Waals surface area contributed by atoms with Crippen LogP contribution in [-0.4, -0.2) is 41.7 Å². The molecule has 0 saturated carbocycles. The fourth-order valence-electron chi connectivity index (χ4n) is 4.43.